The summed E-state index contributed by atoms with van der Waals surface area (Å²) in [6, 6.07) is 24.0. The first-order chi connectivity index (χ1) is 37.7. The van der Waals surface area contributed by atoms with E-state index in [4.69, 9.17) is 38.1 Å². The molecule has 0 radical (unpaired) electrons. The highest BCUT2D eigenvalue weighted by molar-refractivity contribution is 7.86. The lowest BCUT2D eigenvalue weighted by Gasteiger charge is -2.33. The van der Waals surface area contributed by atoms with E-state index in [-0.39, 0.29) is 46.0 Å². The molecule has 80 heavy (non-hydrogen) atoms. The molecule has 4 aromatic carbocycles. The van der Waals surface area contributed by atoms with Crippen LogP contribution in [0.25, 0.3) is 11.0 Å². The first-order valence-electron chi connectivity index (χ1n) is 25.4. The Morgan fingerprint density at radius 1 is 0.362 bits per heavy atom. The molecular formula is C52H72N8O16S4. The summed E-state index contributed by atoms with van der Waals surface area (Å²) in [6.07, 6.45) is 6.61. The first-order valence-corrected chi connectivity index (χ1v) is 31.2. The molecule has 0 saturated carbocycles. The van der Waals surface area contributed by atoms with Crippen LogP contribution in [-0.2, 0) is 40.5 Å². The third-order valence-corrected chi connectivity index (χ3v) is 15.6. The van der Waals surface area contributed by atoms with E-state index in [1.54, 1.807) is 58.3 Å². The number of hydrogen-bond acceptors (Lipinski definition) is 20. The Hall–Kier alpha value is -6.02. The lowest BCUT2D eigenvalue weighted by molar-refractivity contribution is 0.279. The average molecular weight is 1190 g/mol. The van der Waals surface area contributed by atoms with E-state index in [0.717, 1.165) is 85.8 Å². The van der Waals surface area contributed by atoms with E-state index in [9.17, 15) is 54.1 Å². The van der Waals surface area contributed by atoms with Crippen LogP contribution in [0.15, 0.2) is 117 Å². The van der Waals surface area contributed by atoms with Crippen molar-refractivity contribution in [1.29, 1.82) is 0 Å². The largest absolute Gasteiger partial charge is 0.395 e. The van der Waals surface area contributed by atoms with Gasteiger partial charge in [0.2, 0.25) is 11.9 Å². The molecule has 0 atom stereocenters. The molecule has 2 aromatic heterocycles. The van der Waals surface area contributed by atoms with Gasteiger partial charge in [0, 0.05) is 52.4 Å². The van der Waals surface area contributed by atoms with Gasteiger partial charge in [0.25, 0.3) is 40.5 Å². The van der Waals surface area contributed by atoms with Gasteiger partial charge in [-0.05, 0) is 115 Å². The molecule has 8 rings (SSSR count). The summed E-state index contributed by atoms with van der Waals surface area (Å²) < 4.78 is 118. The SMILES string of the molecule is Cc1ccc(S(=O)(=O)O)cc1.Cc1ccc(S(=O)(=O)O)cc1.Cc1ccc(S(=O)(=O)O)cc1.Cc1ccc(S(=O)(=O)O)cc1.OCCN(CCO)c1nc(N2CCCCC2)c2nc(N(CCO)CCO)nc(N3CCCCC3)c2n1. The Morgan fingerprint density at radius 2 is 0.575 bits per heavy atom. The number of aliphatic hydroxyl groups is 4. The molecule has 0 amide bonds. The number of piperidine rings is 2. The molecule has 6 aromatic rings. The molecule has 8 N–H and O–H groups in total. The second kappa shape index (κ2) is 31.3. The summed E-state index contributed by atoms with van der Waals surface area (Å²) >= 11 is 0. The van der Waals surface area contributed by atoms with Crippen molar-refractivity contribution in [2.24, 2.45) is 0 Å². The van der Waals surface area contributed by atoms with E-state index in [2.05, 4.69) is 9.80 Å². The van der Waals surface area contributed by atoms with Crippen LogP contribution in [0, 0.1) is 27.7 Å². The minimum Gasteiger partial charge on any atom is -0.395 e. The van der Waals surface area contributed by atoms with Crippen LogP contribution in [0.4, 0.5) is 23.5 Å². The number of aliphatic hydroxyl groups excluding tert-OH is 4. The Kier molecular flexibility index (Phi) is 26.0. The summed E-state index contributed by atoms with van der Waals surface area (Å²) in [5.41, 5.74) is 5.13. The molecule has 2 aliphatic heterocycles. The maximum atomic E-state index is 10.5. The highest BCUT2D eigenvalue weighted by Crippen LogP contribution is 2.35. The van der Waals surface area contributed by atoms with Crippen LogP contribution in [0.3, 0.4) is 0 Å². The number of benzene rings is 4. The van der Waals surface area contributed by atoms with Gasteiger partial charge >= 0.3 is 0 Å². The van der Waals surface area contributed by atoms with Crippen molar-refractivity contribution in [2.75, 3.05) is 98.4 Å². The molecule has 24 nitrogen and oxygen atoms in total. The van der Waals surface area contributed by atoms with E-state index >= 15 is 0 Å². The second-order valence-electron chi connectivity index (χ2n) is 18.5. The topological polar surface area (TPSA) is 363 Å². The van der Waals surface area contributed by atoms with E-state index in [0.29, 0.717) is 49.1 Å². The summed E-state index contributed by atoms with van der Waals surface area (Å²) in [4.78, 5) is 27.5. The zero-order valence-corrected chi connectivity index (χ0v) is 48.3. The summed E-state index contributed by atoms with van der Waals surface area (Å²) in [5, 5.41) is 38.6. The van der Waals surface area contributed by atoms with Crippen molar-refractivity contribution < 1.29 is 72.3 Å². The van der Waals surface area contributed by atoms with Crippen LogP contribution in [0.1, 0.15) is 60.8 Å². The predicted octanol–water partition coefficient (Wildman–Crippen LogP) is 4.95. The van der Waals surface area contributed by atoms with Crippen molar-refractivity contribution in [3.8, 4) is 0 Å². The molecule has 440 valence electrons. The lowest BCUT2D eigenvalue weighted by Crippen LogP contribution is -2.36. The number of nitrogens with zero attached hydrogens (tertiary/aromatic N) is 8. The van der Waals surface area contributed by atoms with Gasteiger partial charge in [-0.15, -0.1) is 0 Å². The van der Waals surface area contributed by atoms with Gasteiger partial charge in [0.15, 0.2) is 11.6 Å². The van der Waals surface area contributed by atoms with Crippen LogP contribution in [0.2, 0.25) is 0 Å². The molecule has 2 aliphatic rings. The Labute approximate surface area is 468 Å². The number of aryl methyl sites for hydroxylation is 4. The second-order valence-corrected chi connectivity index (χ2v) is 24.2. The zero-order valence-electron chi connectivity index (χ0n) is 45.0. The Morgan fingerprint density at radius 3 is 0.762 bits per heavy atom. The quantitative estimate of drug-likeness (QED) is 0.0594. The van der Waals surface area contributed by atoms with Crippen molar-refractivity contribution in [3.63, 3.8) is 0 Å². The van der Waals surface area contributed by atoms with E-state index in [1.165, 1.54) is 61.4 Å². The van der Waals surface area contributed by atoms with Crippen LogP contribution in [-0.4, -0.2) is 171 Å². The van der Waals surface area contributed by atoms with Crippen molar-refractivity contribution in [2.45, 2.75) is 85.8 Å². The molecular weight excluding hydrogens is 1120 g/mol. The molecule has 0 bridgehead atoms. The molecule has 0 aliphatic carbocycles. The summed E-state index contributed by atoms with van der Waals surface area (Å²) in [6.45, 7) is 11.7. The minimum absolute atomic E-state index is 0.0666. The molecule has 2 fully saturated rings. The fourth-order valence-corrected chi connectivity index (χ4v) is 9.77. The van der Waals surface area contributed by atoms with Crippen LogP contribution < -0.4 is 19.6 Å². The van der Waals surface area contributed by atoms with Gasteiger partial charge in [0.05, 0.1) is 46.0 Å². The summed E-state index contributed by atoms with van der Waals surface area (Å²) in [5.74, 6) is 2.35. The maximum Gasteiger partial charge on any atom is 0.294 e. The smallest absolute Gasteiger partial charge is 0.294 e. The fourth-order valence-electron chi connectivity index (χ4n) is 7.85. The van der Waals surface area contributed by atoms with Gasteiger partial charge in [0.1, 0.15) is 11.0 Å². The Balaban J connectivity index is 0.000000253. The molecule has 0 spiro atoms. The maximum absolute atomic E-state index is 10.5. The zero-order chi connectivity index (χ0) is 59.3. The molecule has 0 unspecified atom stereocenters. The standard InChI is InChI=1S/C24H40N8O4.4C7H8O3S/c33-15-11-31(12-16-34)23-26-20-19(21(27-23)29-7-3-1-4-8-29)25-24(32(13-17-35)14-18-36)28-22(20)30-9-5-2-6-10-30;4*1-6-2-4-7(5-3-6)11(8,9)10/h33-36H,1-18H2;4*2-5H,1H3,(H,8,9,10). The van der Waals surface area contributed by atoms with Crippen LogP contribution >= 0.6 is 0 Å². The van der Waals surface area contributed by atoms with Crippen LogP contribution in [0.5, 0.6) is 0 Å². The third-order valence-electron chi connectivity index (χ3n) is 12.1. The van der Waals surface area contributed by atoms with Crippen molar-refractivity contribution in [3.05, 3.63) is 119 Å². The van der Waals surface area contributed by atoms with Gasteiger partial charge in [-0.3, -0.25) is 18.2 Å². The summed E-state index contributed by atoms with van der Waals surface area (Å²) in [7, 11) is -16.1. The number of anilines is 4. The minimum atomic E-state index is -4.02. The number of fused-ring (bicyclic) bond motifs is 1. The van der Waals surface area contributed by atoms with Crippen molar-refractivity contribution in [1.82, 2.24) is 19.9 Å². The van der Waals surface area contributed by atoms with Crippen molar-refractivity contribution >= 4 is 75.0 Å². The van der Waals surface area contributed by atoms with E-state index < -0.39 is 40.5 Å². The molecule has 2 saturated heterocycles. The van der Waals surface area contributed by atoms with Gasteiger partial charge < -0.3 is 40.0 Å². The van der Waals surface area contributed by atoms with Gasteiger partial charge in [-0.1, -0.05) is 70.8 Å². The third kappa shape index (κ3) is 21.5. The number of aromatic nitrogens is 4. The predicted molar refractivity (Wildman–Crippen MR) is 304 cm³/mol. The highest BCUT2D eigenvalue weighted by atomic mass is 32.2. The number of hydrogen-bond donors (Lipinski definition) is 8. The lowest BCUT2D eigenvalue weighted by atomic mass is 10.1. The first kappa shape index (κ1) is 66.5. The highest BCUT2D eigenvalue weighted by Gasteiger charge is 2.27. The Bertz CT molecular complexity index is 2950. The van der Waals surface area contributed by atoms with E-state index in [1.807, 2.05) is 27.7 Å². The average Bonchev–Trinajstić information content (AvgIpc) is 3.41. The number of rotatable bonds is 16. The fraction of sp³-hybridized carbons (Fsp3) is 0.423. The van der Waals surface area contributed by atoms with Gasteiger partial charge in [-0.2, -0.15) is 43.6 Å². The molecule has 28 heteroatoms. The van der Waals surface area contributed by atoms with Gasteiger partial charge in [-0.25, -0.2) is 9.97 Å². The monoisotopic (exact) mass is 1190 g/mol. The molecule has 4 heterocycles. The normalized spacial score (nSPS) is 13.8.